The molecule has 2 N–H and O–H groups in total. The number of aliphatic imine (C=N–C) groups is 1. The predicted octanol–water partition coefficient (Wildman–Crippen LogP) is 3.93. The molecule has 6 nitrogen and oxygen atoms in total. The monoisotopic (exact) mass is 348 g/mol. The Balaban J connectivity index is 1.96. The summed E-state index contributed by atoms with van der Waals surface area (Å²) in [6, 6.07) is 15.0. The van der Waals surface area contributed by atoms with E-state index in [9.17, 15) is 9.59 Å². The summed E-state index contributed by atoms with van der Waals surface area (Å²) in [6.45, 7) is 1.85. The standard InChI is InChI=1S/C20H16N2O4/c1-13-7-8-15(20(25)26)11-18(13)21-12-17-6-3-9-22(17)16-5-2-4-14(10-16)19(23)24/h2-12H,1H3,(H,23,24)(H,25,26). The molecule has 130 valence electrons. The first-order chi connectivity index (χ1) is 12.5. The van der Waals surface area contributed by atoms with Gasteiger partial charge in [-0.1, -0.05) is 12.1 Å². The Hall–Kier alpha value is -3.67. The van der Waals surface area contributed by atoms with Crippen molar-refractivity contribution in [2.24, 2.45) is 4.99 Å². The number of hydrogen-bond acceptors (Lipinski definition) is 3. The van der Waals surface area contributed by atoms with Crippen molar-refractivity contribution in [2.45, 2.75) is 6.92 Å². The summed E-state index contributed by atoms with van der Waals surface area (Å²) in [6.07, 6.45) is 3.43. The zero-order valence-corrected chi connectivity index (χ0v) is 14.0. The van der Waals surface area contributed by atoms with Crippen LogP contribution in [0.5, 0.6) is 0 Å². The smallest absolute Gasteiger partial charge is 0.335 e. The molecular weight excluding hydrogens is 332 g/mol. The second kappa shape index (κ2) is 7.06. The summed E-state index contributed by atoms with van der Waals surface area (Å²) in [5.41, 5.74) is 3.24. The van der Waals surface area contributed by atoms with Gasteiger partial charge in [-0.05, 0) is 55.0 Å². The summed E-state index contributed by atoms with van der Waals surface area (Å²) in [5.74, 6) is -1.99. The molecule has 0 aliphatic rings. The molecule has 0 bridgehead atoms. The Morgan fingerprint density at radius 3 is 2.42 bits per heavy atom. The van der Waals surface area contributed by atoms with E-state index >= 15 is 0 Å². The van der Waals surface area contributed by atoms with Gasteiger partial charge < -0.3 is 14.8 Å². The van der Waals surface area contributed by atoms with Gasteiger partial charge in [-0.25, -0.2) is 9.59 Å². The summed E-state index contributed by atoms with van der Waals surface area (Å²) in [5, 5.41) is 18.3. The third-order valence-electron chi connectivity index (χ3n) is 3.94. The van der Waals surface area contributed by atoms with Gasteiger partial charge in [0.1, 0.15) is 0 Å². The Labute approximate surface area is 149 Å². The van der Waals surface area contributed by atoms with E-state index in [2.05, 4.69) is 4.99 Å². The zero-order chi connectivity index (χ0) is 18.7. The van der Waals surface area contributed by atoms with Gasteiger partial charge in [0.05, 0.1) is 28.7 Å². The van der Waals surface area contributed by atoms with E-state index in [4.69, 9.17) is 10.2 Å². The minimum Gasteiger partial charge on any atom is -0.478 e. The molecule has 0 fully saturated rings. The summed E-state index contributed by atoms with van der Waals surface area (Å²) < 4.78 is 1.81. The van der Waals surface area contributed by atoms with E-state index in [-0.39, 0.29) is 11.1 Å². The second-order valence-electron chi connectivity index (χ2n) is 5.72. The Bertz CT molecular complexity index is 1020. The van der Waals surface area contributed by atoms with Gasteiger partial charge in [-0.3, -0.25) is 4.99 Å². The molecule has 0 saturated carbocycles. The molecule has 0 radical (unpaired) electrons. The lowest BCUT2D eigenvalue weighted by Gasteiger charge is -2.07. The Kier molecular flexibility index (Phi) is 4.66. The maximum atomic E-state index is 11.2. The topological polar surface area (TPSA) is 91.9 Å². The lowest BCUT2D eigenvalue weighted by atomic mass is 10.1. The highest BCUT2D eigenvalue weighted by atomic mass is 16.4. The number of nitrogens with zero attached hydrogens (tertiary/aromatic N) is 2. The van der Waals surface area contributed by atoms with E-state index in [0.717, 1.165) is 11.3 Å². The van der Waals surface area contributed by atoms with Crippen LogP contribution in [0.4, 0.5) is 5.69 Å². The van der Waals surface area contributed by atoms with Crippen molar-refractivity contribution >= 4 is 23.8 Å². The average Bonchev–Trinajstić information content (AvgIpc) is 3.09. The van der Waals surface area contributed by atoms with Crippen LogP contribution in [0, 0.1) is 6.92 Å². The van der Waals surface area contributed by atoms with E-state index in [1.165, 1.54) is 18.2 Å². The molecule has 0 atom stereocenters. The molecule has 3 aromatic rings. The van der Waals surface area contributed by atoms with Crippen LogP contribution in [0.2, 0.25) is 0 Å². The van der Waals surface area contributed by atoms with E-state index < -0.39 is 11.9 Å². The molecule has 0 amide bonds. The fourth-order valence-electron chi connectivity index (χ4n) is 2.54. The second-order valence-corrected chi connectivity index (χ2v) is 5.72. The molecule has 0 aliphatic heterocycles. The molecule has 1 heterocycles. The first-order valence-electron chi connectivity index (χ1n) is 7.85. The van der Waals surface area contributed by atoms with Crippen molar-refractivity contribution in [1.29, 1.82) is 0 Å². The van der Waals surface area contributed by atoms with Crippen LogP contribution in [0.3, 0.4) is 0 Å². The van der Waals surface area contributed by atoms with Crippen LogP contribution in [0.25, 0.3) is 5.69 Å². The number of aromatic carboxylic acids is 2. The van der Waals surface area contributed by atoms with Crippen LogP contribution in [0.15, 0.2) is 65.8 Å². The number of benzene rings is 2. The van der Waals surface area contributed by atoms with Crippen molar-refractivity contribution in [3.63, 3.8) is 0 Å². The highest BCUT2D eigenvalue weighted by molar-refractivity contribution is 5.90. The third kappa shape index (κ3) is 3.54. The SMILES string of the molecule is Cc1ccc(C(=O)O)cc1N=Cc1cccn1-c1cccc(C(=O)O)c1. The van der Waals surface area contributed by atoms with Gasteiger partial charge in [0.2, 0.25) is 0 Å². The normalized spacial score (nSPS) is 11.0. The summed E-state index contributed by atoms with van der Waals surface area (Å²) >= 11 is 0. The van der Waals surface area contributed by atoms with Crippen molar-refractivity contribution in [1.82, 2.24) is 4.57 Å². The summed E-state index contributed by atoms with van der Waals surface area (Å²) in [7, 11) is 0. The van der Waals surface area contributed by atoms with Crippen molar-refractivity contribution in [3.8, 4) is 5.69 Å². The van der Waals surface area contributed by atoms with Crippen molar-refractivity contribution < 1.29 is 19.8 Å². The van der Waals surface area contributed by atoms with Crippen LogP contribution >= 0.6 is 0 Å². The maximum Gasteiger partial charge on any atom is 0.335 e. The van der Waals surface area contributed by atoms with Gasteiger partial charge in [0.25, 0.3) is 0 Å². The fraction of sp³-hybridized carbons (Fsp3) is 0.0500. The van der Waals surface area contributed by atoms with Crippen LogP contribution in [-0.4, -0.2) is 32.9 Å². The van der Waals surface area contributed by atoms with Gasteiger partial charge >= 0.3 is 11.9 Å². The van der Waals surface area contributed by atoms with E-state index in [0.29, 0.717) is 11.4 Å². The quantitative estimate of drug-likeness (QED) is 0.683. The van der Waals surface area contributed by atoms with Crippen LogP contribution in [-0.2, 0) is 0 Å². The number of carboxylic acid groups (broad SMARTS) is 2. The molecule has 0 spiro atoms. The van der Waals surface area contributed by atoms with Gasteiger partial charge in [-0.2, -0.15) is 0 Å². The van der Waals surface area contributed by atoms with Gasteiger partial charge in [0.15, 0.2) is 0 Å². The third-order valence-corrected chi connectivity index (χ3v) is 3.94. The fourth-order valence-corrected chi connectivity index (χ4v) is 2.54. The van der Waals surface area contributed by atoms with Gasteiger partial charge in [0, 0.05) is 11.9 Å². The minimum absolute atomic E-state index is 0.173. The zero-order valence-electron chi connectivity index (χ0n) is 14.0. The minimum atomic E-state index is -1.00. The van der Waals surface area contributed by atoms with Crippen molar-refractivity contribution in [3.05, 3.63) is 83.2 Å². The number of rotatable bonds is 5. The highest BCUT2D eigenvalue weighted by Gasteiger charge is 2.08. The molecule has 2 aromatic carbocycles. The van der Waals surface area contributed by atoms with Crippen LogP contribution < -0.4 is 0 Å². The number of aryl methyl sites for hydroxylation is 1. The first kappa shape index (κ1) is 17.2. The number of aromatic nitrogens is 1. The van der Waals surface area contributed by atoms with Gasteiger partial charge in [-0.15, -0.1) is 0 Å². The van der Waals surface area contributed by atoms with E-state index in [1.54, 1.807) is 30.5 Å². The highest BCUT2D eigenvalue weighted by Crippen LogP contribution is 2.21. The average molecular weight is 348 g/mol. The molecule has 3 rings (SSSR count). The molecule has 6 heteroatoms. The Morgan fingerprint density at radius 2 is 1.69 bits per heavy atom. The number of carboxylic acids is 2. The maximum absolute atomic E-state index is 11.2. The van der Waals surface area contributed by atoms with Crippen molar-refractivity contribution in [2.75, 3.05) is 0 Å². The number of hydrogen-bond donors (Lipinski definition) is 2. The lowest BCUT2D eigenvalue weighted by molar-refractivity contribution is 0.0686. The molecular formula is C20H16N2O4. The molecule has 0 unspecified atom stereocenters. The first-order valence-corrected chi connectivity index (χ1v) is 7.85. The summed E-state index contributed by atoms with van der Waals surface area (Å²) in [4.78, 5) is 26.7. The number of carbonyl (C=O) groups is 2. The largest absolute Gasteiger partial charge is 0.478 e. The Morgan fingerprint density at radius 1 is 0.962 bits per heavy atom. The molecule has 0 aliphatic carbocycles. The molecule has 26 heavy (non-hydrogen) atoms. The van der Waals surface area contributed by atoms with E-state index in [1.807, 2.05) is 29.8 Å². The lowest BCUT2D eigenvalue weighted by Crippen LogP contribution is -2.01. The predicted molar refractivity (Wildman–Crippen MR) is 98.1 cm³/mol. The molecule has 0 saturated heterocycles. The molecule has 1 aromatic heterocycles. The van der Waals surface area contributed by atoms with Crippen LogP contribution in [0.1, 0.15) is 32.0 Å².